The molecule has 0 saturated carbocycles. The van der Waals surface area contributed by atoms with Gasteiger partial charge < -0.3 is 4.42 Å². The van der Waals surface area contributed by atoms with Gasteiger partial charge in [0, 0.05) is 62.1 Å². The maximum Gasteiger partial charge on any atom is 0.143 e. The summed E-state index contributed by atoms with van der Waals surface area (Å²) >= 11 is 3.76. The SMILES string of the molecule is c1ccc2c(c1)oc1c2ccc2c(-c3cccc4c3sc3ccccc34)cc3cc4sc5ccccc5c4cc3c21. The van der Waals surface area contributed by atoms with E-state index in [2.05, 4.69) is 121 Å². The third-order valence-corrected chi connectivity index (χ3v) is 11.0. The average molecular weight is 557 g/mol. The fraction of sp³-hybridized carbons (Fsp3) is 0. The molecule has 7 aromatic carbocycles. The van der Waals surface area contributed by atoms with E-state index >= 15 is 0 Å². The van der Waals surface area contributed by atoms with Crippen molar-refractivity contribution in [3.05, 3.63) is 121 Å². The molecular weight excluding hydrogens is 537 g/mol. The van der Waals surface area contributed by atoms with Gasteiger partial charge in [-0.05, 0) is 64.2 Å². The van der Waals surface area contributed by atoms with Crippen LogP contribution in [-0.4, -0.2) is 0 Å². The van der Waals surface area contributed by atoms with Crippen molar-refractivity contribution in [3.8, 4) is 11.1 Å². The Morgan fingerprint density at radius 1 is 0.415 bits per heavy atom. The number of rotatable bonds is 1. The minimum absolute atomic E-state index is 0.933. The molecule has 0 aliphatic rings. The number of benzene rings is 7. The van der Waals surface area contributed by atoms with Crippen LogP contribution in [0, 0.1) is 0 Å². The first-order valence-corrected chi connectivity index (χ1v) is 15.5. The van der Waals surface area contributed by atoms with Crippen LogP contribution in [-0.2, 0) is 0 Å². The van der Waals surface area contributed by atoms with Gasteiger partial charge in [0.05, 0.1) is 0 Å². The van der Waals surface area contributed by atoms with Crippen molar-refractivity contribution < 1.29 is 4.42 Å². The van der Waals surface area contributed by atoms with Crippen molar-refractivity contribution in [3.63, 3.8) is 0 Å². The molecule has 3 aromatic heterocycles. The summed E-state index contributed by atoms with van der Waals surface area (Å²) in [6, 6.07) is 44.4. The van der Waals surface area contributed by atoms with E-state index in [9.17, 15) is 0 Å². The molecule has 0 aliphatic heterocycles. The Hall–Kier alpha value is -4.70. The molecular formula is C38H20OS2. The van der Waals surface area contributed by atoms with Crippen LogP contribution in [0.3, 0.4) is 0 Å². The topological polar surface area (TPSA) is 13.1 Å². The van der Waals surface area contributed by atoms with Gasteiger partial charge in [-0.25, -0.2) is 0 Å². The number of fused-ring (bicyclic) bond motifs is 13. The molecule has 0 atom stereocenters. The molecule has 0 bridgehead atoms. The van der Waals surface area contributed by atoms with E-state index in [1.807, 2.05) is 22.7 Å². The molecule has 0 amide bonds. The standard InChI is InChI=1S/C38H20OS2/c1-4-13-32-22(8-1)26-17-16-25-30(28-12-7-11-27-23-9-2-6-15-34(23)41-38(27)28)18-21-19-35-31(20-29(21)36(25)37(26)39-32)24-10-3-5-14-33(24)40-35/h1-20H. The fourth-order valence-electron chi connectivity index (χ4n) is 6.82. The Kier molecular flexibility index (Phi) is 4.27. The molecule has 3 heterocycles. The maximum atomic E-state index is 6.69. The van der Waals surface area contributed by atoms with E-state index in [0.717, 1.165) is 16.6 Å². The smallest absolute Gasteiger partial charge is 0.143 e. The monoisotopic (exact) mass is 556 g/mol. The number of hydrogen-bond donors (Lipinski definition) is 0. The summed E-state index contributed by atoms with van der Waals surface area (Å²) in [4.78, 5) is 0. The first-order valence-electron chi connectivity index (χ1n) is 13.8. The van der Waals surface area contributed by atoms with Crippen LogP contribution in [0.5, 0.6) is 0 Å². The normalized spacial score (nSPS) is 12.4. The average Bonchev–Trinajstić information content (AvgIpc) is 3.70. The highest BCUT2D eigenvalue weighted by Gasteiger charge is 2.19. The zero-order valence-corrected chi connectivity index (χ0v) is 23.4. The minimum Gasteiger partial charge on any atom is -0.455 e. The van der Waals surface area contributed by atoms with Crippen LogP contribution in [0.2, 0.25) is 0 Å². The predicted octanol–water partition coefficient (Wildman–Crippen LogP) is 12.3. The summed E-state index contributed by atoms with van der Waals surface area (Å²) in [5, 5.41) is 12.5. The van der Waals surface area contributed by atoms with Crippen LogP contribution in [0.4, 0.5) is 0 Å². The maximum absolute atomic E-state index is 6.69. The van der Waals surface area contributed by atoms with Gasteiger partial charge in [-0.1, -0.05) is 78.9 Å². The molecule has 0 fully saturated rings. The van der Waals surface area contributed by atoms with Crippen molar-refractivity contribution >= 4 is 107 Å². The summed E-state index contributed by atoms with van der Waals surface area (Å²) in [5.74, 6) is 0. The highest BCUT2D eigenvalue weighted by atomic mass is 32.1. The van der Waals surface area contributed by atoms with Gasteiger partial charge in [0.1, 0.15) is 11.2 Å². The first kappa shape index (κ1) is 22.0. The quantitative estimate of drug-likeness (QED) is 0.183. The summed E-state index contributed by atoms with van der Waals surface area (Å²) < 4.78 is 12.0. The molecule has 0 radical (unpaired) electrons. The predicted molar refractivity (Wildman–Crippen MR) is 180 cm³/mol. The van der Waals surface area contributed by atoms with Crippen LogP contribution in [0.15, 0.2) is 126 Å². The summed E-state index contributed by atoms with van der Waals surface area (Å²) in [7, 11) is 0. The minimum atomic E-state index is 0.933. The van der Waals surface area contributed by atoms with Gasteiger partial charge >= 0.3 is 0 Å². The van der Waals surface area contributed by atoms with Crippen molar-refractivity contribution in [1.29, 1.82) is 0 Å². The van der Waals surface area contributed by atoms with Gasteiger partial charge in [-0.15, -0.1) is 22.7 Å². The lowest BCUT2D eigenvalue weighted by molar-refractivity contribution is 0.673. The van der Waals surface area contributed by atoms with Crippen molar-refractivity contribution in [1.82, 2.24) is 0 Å². The molecule has 0 unspecified atom stereocenters. The van der Waals surface area contributed by atoms with Gasteiger partial charge in [0.25, 0.3) is 0 Å². The number of furan rings is 1. The summed E-state index contributed by atoms with van der Waals surface area (Å²) in [6.07, 6.45) is 0. The molecule has 1 nitrogen and oxygen atoms in total. The Balaban J connectivity index is 1.43. The molecule has 3 heteroatoms. The number of para-hydroxylation sites is 1. The molecule has 10 aromatic rings. The highest BCUT2D eigenvalue weighted by molar-refractivity contribution is 7.26. The van der Waals surface area contributed by atoms with E-state index in [-0.39, 0.29) is 0 Å². The molecule has 41 heavy (non-hydrogen) atoms. The number of hydrogen-bond acceptors (Lipinski definition) is 3. The van der Waals surface area contributed by atoms with Crippen LogP contribution >= 0.6 is 22.7 Å². The molecule has 0 N–H and O–H groups in total. The van der Waals surface area contributed by atoms with Gasteiger partial charge in [-0.3, -0.25) is 0 Å². The van der Waals surface area contributed by atoms with Crippen molar-refractivity contribution in [2.75, 3.05) is 0 Å². The molecule has 190 valence electrons. The van der Waals surface area contributed by atoms with E-state index in [4.69, 9.17) is 4.42 Å². The van der Waals surface area contributed by atoms with E-state index in [0.29, 0.717) is 0 Å². The summed E-state index contributed by atoms with van der Waals surface area (Å²) in [5.41, 5.74) is 4.44. The Morgan fingerprint density at radius 2 is 1.12 bits per heavy atom. The molecule has 10 rings (SSSR count). The van der Waals surface area contributed by atoms with Crippen LogP contribution in [0.25, 0.3) is 95.0 Å². The number of thiophene rings is 2. The molecule has 0 saturated heterocycles. The third-order valence-electron chi connectivity index (χ3n) is 8.65. The first-order chi connectivity index (χ1) is 20.3. The van der Waals surface area contributed by atoms with Crippen LogP contribution in [0.1, 0.15) is 0 Å². The van der Waals surface area contributed by atoms with E-state index < -0.39 is 0 Å². The molecule has 0 spiro atoms. The van der Waals surface area contributed by atoms with Crippen molar-refractivity contribution in [2.45, 2.75) is 0 Å². The Morgan fingerprint density at radius 3 is 2.00 bits per heavy atom. The summed E-state index contributed by atoms with van der Waals surface area (Å²) in [6.45, 7) is 0. The fourth-order valence-corrected chi connectivity index (χ4v) is 9.19. The van der Waals surface area contributed by atoms with Gasteiger partial charge in [0.15, 0.2) is 0 Å². The zero-order valence-electron chi connectivity index (χ0n) is 21.8. The van der Waals surface area contributed by atoms with Gasteiger partial charge in [-0.2, -0.15) is 0 Å². The van der Waals surface area contributed by atoms with E-state index in [1.165, 1.54) is 78.4 Å². The van der Waals surface area contributed by atoms with Crippen LogP contribution < -0.4 is 0 Å². The zero-order chi connectivity index (χ0) is 26.7. The molecule has 0 aliphatic carbocycles. The largest absolute Gasteiger partial charge is 0.455 e. The lowest BCUT2D eigenvalue weighted by Gasteiger charge is -2.13. The Bertz CT molecular complexity index is 2700. The van der Waals surface area contributed by atoms with Gasteiger partial charge in [0.2, 0.25) is 0 Å². The highest BCUT2D eigenvalue weighted by Crippen LogP contribution is 2.47. The third kappa shape index (κ3) is 2.94. The second kappa shape index (κ2) is 7.94. The van der Waals surface area contributed by atoms with E-state index in [1.54, 1.807) is 0 Å². The lowest BCUT2D eigenvalue weighted by Crippen LogP contribution is -1.86. The second-order valence-electron chi connectivity index (χ2n) is 10.8. The van der Waals surface area contributed by atoms with Crippen molar-refractivity contribution in [2.24, 2.45) is 0 Å². The second-order valence-corrected chi connectivity index (χ2v) is 13.0. The Labute approximate surface area is 242 Å². The lowest BCUT2D eigenvalue weighted by atomic mass is 9.91.